The summed E-state index contributed by atoms with van der Waals surface area (Å²) in [6, 6.07) is 20.9. The van der Waals surface area contributed by atoms with E-state index in [0.717, 1.165) is 5.56 Å². The van der Waals surface area contributed by atoms with Crippen molar-refractivity contribution in [3.63, 3.8) is 0 Å². The maximum Gasteiger partial charge on any atom is 0.270 e. The van der Waals surface area contributed by atoms with E-state index in [0.29, 0.717) is 5.69 Å². The zero-order valence-electron chi connectivity index (χ0n) is 16.8. The second kappa shape index (κ2) is 9.50. The van der Waals surface area contributed by atoms with Crippen LogP contribution in [0.5, 0.6) is 0 Å². The van der Waals surface area contributed by atoms with E-state index in [9.17, 15) is 23.3 Å². The molecule has 1 N–H and O–H groups in total. The number of carbonyl (C=O) groups excluding carboxylic acids is 1. The number of anilines is 1. The minimum Gasteiger partial charge on any atom is -0.378 e. The molecule has 8 nitrogen and oxygen atoms in total. The quantitative estimate of drug-likeness (QED) is 0.309. The zero-order valence-corrected chi connectivity index (χ0v) is 17.6. The Bertz CT molecular complexity index is 1180. The summed E-state index contributed by atoms with van der Waals surface area (Å²) in [4.78, 5) is 22.7. The molecule has 0 bridgehead atoms. The van der Waals surface area contributed by atoms with Crippen molar-refractivity contribution < 1.29 is 18.1 Å². The van der Waals surface area contributed by atoms with Crippen LogP contribution in [0.25, 0.3) is 0 Å². The first-order valence-corrected chi connectivity index (χ1v) is 10.8. The summed E-state index contributed by atoms with van der Waals surface area (Å²) in [5.41, 5.74) is 1.51. The number of carbonyl (C=O) groups is 1. The van der Waals surface area contributed by atoms with Crippen LogP contribution in [0, 0.1) is 10.1 Å². The van der Waals surface area contributed by atoms with Crippen LogP contribution in [0.2, 0.25) is 0 Å². The third kappa shape index (κ3) is 5.53. The normalized spacial score (nSPS) is 11.3. The largest absolute Gasteiger partial charge is 0.378 e. The van der Waals surface area contributed by atoms with Crippen LogP contribution in [0.4, 0.5) is 11.4 Å². The highest BCUT2D eigenvalue weighted by atomic mass is 32.2. The molecule has 0 unspecified atom stereocenters. The Labute approximate surface area is 180 Å². The molecule has 0 atom stereocenters. The Morgan fingerprint density at radius 1 is 1.00 bits per heavy atom. The average molecular weight is 439 g/mol. The first-order chi connectivity index (χ1) is 14.8. The minimum atomic E-state index is -3.67. The molecule has 3 aromatic carbocycles. The Morgan fingerprint density at radius 3 is 2.32 bits per heavy atom. The zero-order chi connectivity index (χ0) is 22.4. The maximum absolute atomic E-state index is 12.8. The highest BCUT2D eigenvalue weighted by Crippen LogP contribution is 2.20. The lowest BCUT2D eigenvalue weighted by molar-refractivity contribution is -0.384. The Morgan fingerprint density at radius 2 is 1.68 bits per heavy atom. The Balaban J connectivity index is 1.63. The number of Topliss-reactive ketones (excluding diaryl/α,β-unsaturated/α-hetero) is 1. The summed E-state index contributed by atoms with van der Waals surface area (Å²) in [5, 5.41) is 13.8. The number of hydrogen-bond donors (Lipinski definition) is 1. The number of ketones is 1. The third-order valence-electron chi connectivity index (χ3n) is 4.64. The first kappa shape index (κ1) is 22.1. The Hall–Kier alpha value is -3.56. The van der Waals surface area contributed by atoms with Crippen LogP contribution in [-0.4, -0.2) is 37.0 Å². The summed E-state index contributed by atoms with van der Waals surface area (Å²) in [5.74, 6) is -0.317. The summed E-state index contributed by atoms with van der Waals surface area (Å²) in [7, 11) is -2.15. The molecule has 0 spiro atoms. The van der Waals surface area contributed by atoms with Crippen LogP contribution in [-0.2, 0) is 16.6 Å². The molecule has 0 amide bonds. The number of rotatable bonds is 9. The lowest BCUT2D eigenvalue weighted by Crippen LogP contribution is -2.26. The maximum atomic E-state index is 12.8. The van der Waals surface area contributed by atoms with Gasteiger partial charge in [-0.15, -0.1) is 0 Å². The molecule has 3 rings (SSSR count). The van der Waals surface area contributed by atoms with Crippen LogP contribution < -0.4 is 5.32 Å². The number of non-ortho nitro benzene ring substituents is 1. The van der Waals surface area contributed by atoms with E-state index in [1.165, 1.54) is 47.8 Å². The molecule has 0 aliphatic carbocycles. The highest BCUT2D eigenvalue weighted by Gasteiger charge is 2.21. The molecule has 0 aliphatic heterocycles. The summed E-state index contributed by atoms with van der Waals surface area (Å²) < 4.78 is 26.8. The molecule has 0 saturated carbocycles. The van der Waals surface area contributed by atoms with Crippen molar-refractivity contribution in [2.24, 2.45) is 0 Å². The summed E-state index contributed by atoms with van der Waals surface area (Å²) >= 11 is 0. The van der Waals surface area contributed by atoms with Gasteiger partial charge in [0, 0.05) is 37.0 Å². The molecule has 0 heterocycles. The molecule has 0 aromatic heterocycles. The monoisotopic (exact) mass is 439 g/mol. The topological polar surface area (TPSA) is 110 Å². The fourth-order valence-corrected chi connectivity index (χ4v) is 4.09. The van der Waals surface area contributed by atoms with Crippen molar-refractivity contribution >= 4 is 27.2 Å². The fourth-order valence-electron chi connectivity index (χ4n) is 2.93. The molecule has 0 aliphatic rings. The number of hydrogen-bond acceptors (Lipinski definition) is 6. The van der Waals surface area contributed by atoms with Gasteiger partial charge in [0.25, 0.3) is 5.69 Å². The molecule has 3 aromatic rings. The lowest BCUT2D eigenvalue weighted by Gasteiger charge is -2.17. The number of benzene rings is 3. The predicted molar refractivity (Wildman–Crippen MR) is 117 cm³/mol. The van der Waals surface area contributed by atoms with Gasteiger partial charge in [0.05, 0.1) is 16.4 Å². The number of nitro benzene ring substituents is 1. The number of nitro groups is 1. The van der Waals surface area contributed by atoms with Crippen molar-refractivity contribution in [1.82, 2.24) is 4.31 Å². The summed E-state index contributed by atoms with van der Waals surface area (Å²) in [6.07, 6.45) is 0. The molecule has 0 fully saturated rings. The van der Waals surface area contributed by atoms with Gasteiger partial charge >= 0.3 is 0 Å². The van der Waals surface area contributed by atoms with Crippen LogP contribution in [0.1, 0.15) is 15.9 Å². The van der Waals surface area contributed by atoms with E-state index in [1.807, 2.05) is 30.3 Å². The molecule has 0 radical (unpaired) electrons. The van der Waals surface area contributed by atoms with Crippen molar-refractivity contribution in [2.45, 2.75) is 11.4 Å². The van der Waals surface area contributed by atoms with Crippen molar-refractivity contribution in [1.29, 1.82) is 0 Å². The number of nitrogens with one attached hydrogen (secondary N) is 1. The van der Waals surface area contributed by atoms with Crippen molar-refractivity contribution in [2.75, 3.05) is 18.9 Å². The molecule has 31 heavy (non-hydrogen) atoms. The van der Waals surface area contributed by atoms with Gasteiger partial charge in [0.2, 0.25) is 10.0 Å². The van der Waals surface area contributed by atoms with Gasteiger partial charge in [-0.05, 0) is 29.8 Å². The van der Waals surface area contributed by atoms with Crippen molar-refractivity contribution in [3.05, 3.63) is 100 Å². The standard InChI is InChI=1S/C22H21N3O5S/c1-24(16-17-6-3-2-4-7-17)31(29,30)21-12-10-19(11-13-21)23-15-22(26)18-8-5-9-20(14-18)25(27)28/h2-14,23H,15-16H2,1H3. The smallest absolute Gasteiger partial charge is 0.270 e. The minimum absolute atomic E-state index is 0.0822. The molecular weight excluding hydrogens is 418 g/mol. The van der Waals surface area contributed by atoms with Gasteiger partial charge in [-0.1, -0.05) is 42.5 Å². The van der Waals surface area contributed by atoms with Gasteiger partial charge in [-0.2, -0.15) is 4.31 Å². The predicted octanol–water partition coefficient (Wildman–Crippen LogP) is 3.71. The van der Waals surface area contributed by atoms with E-state index >= 15 is 0 Å². The van der Waals surface area contributed by atoms with Gasteiger partial charge in [-0.25, -0.2) is 8.42 Å². The SMILES string of the molecule is CN(Cc1ccccc1)S(=O)(=O)c1ccc(NCC(=O)c2cccc([N+](=O)[O-])c2)cc1. The molecular formula is C22H21N3O5S. The van der Waals surface area contributed by atoms with Crippen LogP contribution in [0.15, 0.2) is 83.8 Å². The second-order valence-corrected chi connectivity index (χ2v) is 8.90. The molecule has 0 saturated heterocycles. The van der Waals surface area contributed by atoms with E-state index in [4.69, 9.17) is 0 Å². The molecule has 160 valence electrons. The molecule has 9 heteroatoms. The second-order valence-electron chi connectivity index (χ2n) is 6.86. The van der Waals surface area contributed by atoms with Gasteiger partial charge in [0.15, 0.2) is 5.78 Å². The van der Waals surface area contributed by atoms with Gasteiger partial charge < -0.3 is 5.32 Å². The first-order valence-electron chi connectivity index (χ1n) is 9.39. The van der Waals surface area contributed by atoms with Gasteiger partial charge in [-0.3, -0.25) is 14.9 Å². The van der Waals surface area contributed by atoms with E-state index < -0.39 is 14.9 Å². The fraction of sp³-hybridized carbons (Fsp3) is 0.136. The van der Waals surface area contributed by atoms with E-state index in [-0.39, 0.29) is 35.0 Å². The van der Waals surface area contributed by atoms with Crippen LogP contribution >= 0.6 is 0 Å². The Kier molecular flexibility index (Phi) is 6.78. The van der Waals surface area contributed by atoms with Crippen molar-refractivity contribution in [3.8, 4) is 0 Å². The van der Waals surface area contributed by atoms with Gasteiger partial charge in [0.1, 0.15) is 0 Å². The lowest BCUT2D eigenvalue weighted by atomic mass is 10.1. The number of nitrogens with zero attached hydrogens (tertiary/aromatic N) is 2. The average Bonchev–Trinajstić information content (AvgIpc) is 2.78. The van der Waals surface area contributed by atoms with E-state index in [1.54, 1.807) is 12.1 Å². The van der Waals surface area contributed by atoms with Crippen LogP contribution in [0.3, 0.4) is 0 Å². The number of sulfonamides is 1. The van der Waals surface area contributed by atoms with E-state index in [2.05, 4.69) is 5.32 Å². The summed E-state index contributed by atoms with van der Waals surface area (Å²) in [6.45, 7) is 0.169. The third-order valence-corrected chi connectivity index (χ3v) is 6.46. The highest BCUT2D eigenvalue weighted by molar-refractivity contribution is 7.89.